The summed E-state index contributed by atoms with van der Waals surface area (Å²) in [6.07, 6.45) is 0. The zero-order chi connectivity index (χ0) is 19.4. The third-order valence-electron chi connectivity index (χ3n) is 5.03. The molecule has 0 aromatic heterocycles. The van der Waals surface area contributed by atoms with E-state index in [1.54, 1.807) is 24.3 Å². The number of carbonyl (C=O) groups excluding carboxylic acids is 1. The fourth-order valence-corrected chi connectivity index (χ4v) is 5.17. The van der Waals surface area contributed by atoms with E-state index in [2.05, 4.69) is 0 Å². The predicted molar refractivity (Wildman–Crippen MR) is 111 cm³/mol. The van der Waals surface area contributed by atoms with Gasteiger partial charge < -0.3 is 10.5 Å². The van der Waals surface area contributed by atoms with Crippen LogP contribution in [0.15, 0.2) is 54.6 Å². The molecule has 6 nitrogen and oxygen atoms in total. The van der Waals surface area contributed by atoms with Gasteiger partial charge in [-0.05, 0) is 35.7 Å². The summed E-state index contributed by atoms with van der Waals surface area (Å²) in [7, 11) is -2.22. The number of nitrogens with zero attached hydrogens (tertiary/aromatic N) is 1. The molecule has 1 fully saturated rings. The van der Waals surface area contributed by atoms with Gasteiger partial charge >= 0.3 is 5.97 Å². The van der Waals surface area contributed by atoms with E-state index in [0.717, 1.165) is 5.56 Å². The second kappa shape index (κ2) is 9.52. The van der Waals surface area contributed by atoms with Gasteiger partial charge in [-0.3, -0.25) is 0 Å². The molecule has 0 radical (unpaired) electrons. The molecule has 1 aliphatic heterocycles. The van der Waals surface area contributed by atoms with Crippen LogP contribution in [0.2, 0.25) is 0 Å². The van der Waals surface area contributed by atoms with Gasteiger partial charge in [0.05, 0.1) is 18.4 Å². The fraction of sp³-hybridized carbons (Fsp3) is 0.350. The molecule has 2 aromatic rings. The van der Waals surface area contributed by atoms with Gasteiger partial charge in [-0.25, -0.2) is 17.5 Å². The molecule has 1 saturated heterocycles. The van der Waals surface area contributed by atoms with Crippen LogP contribution in [-0.2, 0) is 20.5 Å². The lowest BCUT2D eigenvalue weighted by Crippen LogP contribution is -2.31. The highest BCUT2D eigenvalue weighted by atomic mass is 35.5. The van der Waals surface area contributed by atoms with E-state index in [-0.39, 0.29) is 30.0 Å². The summed E-state index contributed by atoms with van der Waals surface area (Å²) in [5, 5.41) is 0. The lowest BCUT2D eigenvalue weighted by atomic mass is 9.89. The number of esters is 1. The Balaban J connectivity index is 0.00000280. The summed E-state index contributed by atoms with van der Waals surface area (Å²) in [6.45, 7) is 1.27. The quantitative estimate of drug-likeness (QED) is 0.719. The summed E-state index contributed by atoms with van der Waals surface area (Å²) in [5.41, 5.74) is 7.93. The Morgan fingerprint density at radius 1 is 1.14 bits per heavy atom. The summed E-state index contributed by atoms with van der Waals surface area (Å²) >= 11 is 0. The van der Waals surface area contributed by atoms with Crippen molar-refractivity contribution in [1.29, 1.82) is 0 Å². The monoisotopic (exact) mass is 424 g/mol. The molecule has 1 aliphatic rings. The topological polar surface area (TPSA) is 89.7 Å². The van der Waals surface area contributed by atoms with Gasteiger partial charge in [0.15, 0.2) is 0 Å². The zero-order valence-corrected chi connectivity index (χ0v) is 17.3. The maximum Gasteiger partial charge on any atom is 0.337 e. The minimum Gasteiger partial charge on any atom is -0.465 e. The van der Waals surface area contributed by atoms with E-state index >= 15 is 0 Å². The van der Waals surface area contributed by atoms with E-state index in [1.165, 1.54) is 11.4 Å². The number of ether oxygens (including phenoxy) is 1. The van der Waals surface area contributed by atoms with Crippen LogP contribution in [0.25, 0.3) is 0 Å². The van der Waals surface area contributed by atoms with Gasteiger partial charge in [0.1, 0.15) is 0 Å². The first kappa shape index (κ1) is 22.4. The Morgan fingerprint density at radius 2 is 1.86 bits per heavy atom. The van der Waals surface area contributed by atoms with Crippen LogP contribution in [0, 0.1) is 5.92 Å². The molecule has 2 atom stereocenters. The van der Waals surface area contributed by atoms with Gasteiger partial charge in [0.25, 0.3) is 0 Å². The van der Waals surface area contributed by atoms with Gasteiger partial charge in [-0.2, -0.15) is 0 Å². The van der Waals surface area contributed by atoms with Crippen LogP contribution in [0.1, 0.15) is 27.4 Å². The highest BCUT2D eigenvalue weighted by molar-refractivity contribution is 7.88. The standard InChI is InChI=1S/C20H24N2O4S.ClH/c1-26-20(23)17-9-5-6-15(10-17)14-27(24,25)22-12-18(11-21)19(13-22)16-7-3-2-4-8-16;/h2-10,18-19H,11-14,21H2,1H3;1H/t18-,19+;/m1./s1. The van der Waals surface area contributed by atoms with Crippen molar-refractivity contribution in [2.24, 2.45) is 11.7 Å². The Labute approximate surface area is 172 Å². The smallest absolute Gasteiger partial charge is 0.337 e. The first-order valence-corrected chi connectivity index (χ1v) is 10.5. The molecule has 2 aromatic carbocycles. The predicted octanol–water partition coefficient (Wildman–Crippen LogP) is 2.40. The SMILES string of the molecule is COC(=O)c1cccc(CS(=O)(=O)N2C[C@@H](CN)[C@H](c3ccccc3)C2)c1.Cl. The van der Waals surface area contributed by atoms with Crippen LogP contribution in [0.4, 0.5) is 0 Å². The number of hydrogen-bond donors (Lipinski definition) is 1. The Bertz CT molecular complexity index is 905. The van der Waals surface area contributed by atoms with Gasteiger partial charge in [-0.15, -0.1) is 12.4 Å². The summed E-state index contributed by atoms with van der Waals surface area (Å²) in [4.78, 5) is 11.7. The van der Waals surface area contributed by atoms with Crippen molar-refractivity contribution in [3.05, 3.63) is 71.3 Å². The van der Waals surface area contributed by atoms with Crippen LogP contribution in [-0.4, -0.2) is 45.4 Å². The first-order chi connectivity index (χ1) is 12.9. The van der Waals surface area contributed by atoms with Crippen molar-refractivity contribution >= 4 is 28.4 Å². The van der Waals surface area contributed by atoms with Gasteiger partial charge in [0.2, 0.25) is 10.0 Å². The number of hydrogen-bond acceptors (Lipinski definition) is 5. The van der Waals surface area contributed by atoms with Gasteiger partial charge in [0, 0.05) is 19.0 Å². The fourth-order valence-electron chi connectivity index (χ4n) is 3.58. The van der Waals surface area contributed by atoms with Crippen molar-refractivity contribution in [1.82, 2.24) is 4.31 Å². The number of sulfonamides is 1. The van der Waals surface area contributed by atoms with E-state index in [9.17, 15) is 13.2 Å². The third kappa shape index (κ3) is 4.91. The Morgan fingerprint density at radius 3 is 2.50 bits per heavy atom. The Hall–Kier alpha value is -1.93. The highest BCUT2D eigenvalue weighted by Gasteiger charge is 2.38. The van der Waals surface area contributed by atoms with Crippen LogP contribution < -0.4 is 5.73 Å². The van der Waals surface area contributed by atoms with Gasteiger partial charge in [-0.1, -0.05) is 42.5 Å². The van der Waals surface area contributed by atoms with Crippen molar-refractivity contribution in [2.75, 3.05) is 26.7 Å². The second-order valence-corrected chi connectivity index (χ2v) is 8.75. The minimum absolute atomic E-state index is 0. The summed E-state index contributed by atoms with van der Waals surface area (Å²) in [6, 6.07) is 16.4. The third-order valence-corrected chi connectivity index (χ3v) is 6.81. The lowest BCUT2D eigenvalue weighted by Gasteiger charge is -2.17. The molecule has 0 saturated carbocycles. The van der Waals surface area contributed by atoms with Crippen molar-refractivity contribution in [2.45, 2.75) is 11.7 Å². The zero-order valence-electron chi connectivity index (χ0n) is 15.7. The van der Waals surface area contributed by atoms with Crippen LogP contribution >= 0.6 is 12.4 Å². The van der Waals surface area contributed by atoms with Crippen molar-refractivity contribution in [3.63, 3.8) is 0 Å². The average molecular weight is 425 g/mol. The maximum atomic E-state index is 13.0. The average Bonchev–Trinajstić information content (AvgIpc) is 3.13. The maximum absolute atomic E-state index is 13.0. The number of benzene rings is 2. The normalized spacial score (nSPS) is 19.8. The molecule has 28 heavy (non-hydrogen) atoms. The number of nitrogens with two attached hydrogens (primary N) is 1. The number of carbonyl (C=O) groups is 1. The largest absolute Gasteiger partial charge is 0.465 e. The first-order valence-electron chi connectivity index (χ1n) is 8.84. The van der Waals surface area contributed by atoms with E-state index < -0.39 is 16.0 Å². The van der Waals surface area contributed by atoms with E-state index in [1.807, 2.05) is 30.3 Å². The number of rotatable bonds is 6. The molecule has 152 valence electrons. The molecule has 8 heteroatoms. The van der Waals surface area contributed by atoms with Crippen molar-refractivity contribution < 1.29 is 17.9 Å². The molecule has 3 rings (SSSR count). The Kier molecular flexibility index (Phi) is 7.60. The molecule has 0 unspecified atom stereocenters. The minimum atomic E-state index is -3.52. The highest BCUT2D eigenvalue weighted by Crippen LogP contribution is 2.34. The lowest BCUT2D eigenvalue weighted by molar-refractivity contribution is 0.0600. The molecule has 0 bridgehead atoms. The molecule has 0 aliphatic carbocycles. The number of methoxy groups -OCH3 is 1. The summed E-state index contributed by atoms with van der Waals surface area (Å²) in [5.74, 6) is -0.463. The van der Waals surface area contributed by atoms with Crippen molar-refractivity contribution in [3.8, 4) is 0 Å². The molecular weight excluding hydrogens is 400 g/mol. The molecule has 0 spiro atoms. The summed E-state index contributed by atoms with van der Waals surface area (Å²) < 4.78 is 32.1. The second-order valence-electron chi connectivity index (χ2n) is 6.78. The van der Waals surface area contributed by atoms with Crippen LogP contribution in [0.5, 0.6) is 0 Å². The molecule has 2 N–H and O–H groups in total. The molecular formula is C20H25ClN2O4S. The van der Waals surface area contributed by atoms with E-state index in [0.29, 0.717) is 30.8 Å². The molecule has 1 heterocycles. The van der Waals surface area contributed by atoms with Crippen LogP contribution in [0.3, 0.4) is 0 Å². The van der Waals surface area contributed by atoms with E-state index in [4.69, 9.17) is 10.5 Å². The molecule has 0 amide bonds. The number of halogens is 1.